The molecule has 1 aromatic heterocycles. The Morgan fingerprint density at radius 3 is 2.75 bits per heavy atom. The van der Waals surface area contributed by atoms with Gasteiger partial charge >= 0.3 is 0 Å². The van der Waals surface area contributed by atoms with Crippen molar-refractivity contribution in [3.8, 4) is 0 Å². The molecule has 28 heavy (non-hydrogen) atoms. The van der Waals surface area contributed by atoms with Gasteiger partial charge in [-0.2, -0.15) is 0 Å². The van der Waals surface area contributed by atoms with Gasteiger partial charge in [-0.1, -0.05) is 0 Å². The highest BCUT2D eigenvalue weighted by Crippen LogP contribution is 2.19. The second-order valence-corrected chi connectivity index (χ2v) is 7.86. The van der Waals surface area contributed by atoms with Gasteiger partial charge in [-0.05, 0) is 33.1 Å². The average molecular weight is 395 g/mol. The molecule has 2 unspecified atom stereocenters. The standard InChI is InChI=1S/C20H34N4O4/c1-3-27-14-17(25)12-22-8-10-23(11-9-22)13-19-21-18(15-28-19)20(26)24-7-5-4-6-16(24)2/h15-17,25H,3-14H2,1-2H3. The summed E-state index contributed by atoms with van der Waals surface area (Å²) in [5, 5.41) is 9.97. The van der Waals surface area contributed by atoms with Gasteiger partial charge in [0, 0.05) is 51.9 Å². The van der Waals surface area contributed by atoms with E-state index >= 15 is 0 Å². The lowest BCUT2D eigenvalue weighted by molar-refractivity contribution is 0.00948. The number of hydrogen-bond donors (Lipinski definition) is 1. The molecular weight excluding hydrogens is 360 g/mol. The van der Waals surface area contributed by atoms with Crippen molar-refractivity contribution < 1.29 is 19.1 Å². The molecule has 158 valence electrons. The molecule has 3 heterocycles. The zero-order valence-corrected chi connectivity index (χ0v) is 17.2. The van der Waals surface area contributed by atoms with Crippen LogP contribution < -0.4 is 0 Å². The lowest BCUT2D eigenvalue weighted by Gasteiger charge is -2.34. The highest BCUT2D eigenvalue weighted by molar-refractivity contribution is 5.92. The van der Waals surface area contributed by atoms with Gasteiger partial charge < -0.3 is 19.2 Å². The molecule has 2 fully saturated rings. The third kappa shape index (κ3) is 5.76. The number of oxazole rings is 1. The van der Waals surface area contributed by atoms with Crippen molar-refractivity contribution >= 4 is 5.91 Å². The predicted molar refractivity (Wildman–Crippen MR) is 105 cm³/mol. The van der Waals surface area contributed by atoms with Crippen LogP contribution in [-0.2, 0) is 11.3 Å². The number of nitrogens with zero attached hydrogens (tertiary/aromatic N) is 4. The average Bonchev–Trinajstić information content (AvgIpc) is 3.16. The van der Waals surface area contributed by atoms with Crippen LogP contribution in [-0.4, -0.2) is 95.3 Å². The van der Waals surface area contributed by atoms with E-state index in [2.05, 4.69) is 21.7 Å². The third-order valence-corrected chi connectivity index (χ3v) is 5.64. The van der Waals surface area contributed by atoms with Crippen LogP contribution in [0.1, 0.15) is 49.5 Å². The molecule has 0 aliphatic carbocycles. The van der Waals surface area contributed by atoms with Crippen molar-refractivity contribution in [2.75, 3.05) is 52.5 Å². The number of β-amino-alcohol motifs (C(OH)–C–C–N with tert-alkyl or cyclic N) is 1. The van der Waals surface area contributed by atoms with Gasteiger partial charge in [0.05, 0.1) is 19.3 Å². The fourth-order valence-electron chi connectivity index (χ4n) is 3.95. The summed E-state index contributed by atoms with van der Waals surface area (Å²) >= 11 is 0. The summed E-state index contributed by atoms with van der Waals surface area (Å²) in [6.07, 6.45) is 4.36. The third-order valence-electron chi connectivity index (χ3n) is 5.64. The predicted octanol–water partition coefficient (Wildman–Crippen LogP) is 1.20. The smallest absolute Gasteiger partial charge is 0.276 e. The van der Waals surface area contributed by atoms with Crippen LogP contribution in [0.2, 0.25) is 0 Å². The van der Waals surface area contributed by atoms with E-state index in [1.165, 1.54) is 12.7 Å². The molecule has 0 bridgehead atoms. The van der Waals surface area contributed by atoms with Crippen LogP contribution >= 0.6 is 0 Å². The highest BCUT2D eigenvalue weighted by atomic mass is 16.5. The first-order valence-corrected chi connectivity index (χ1v) is 10.5. The molecule has 2 aliphatic rings. The quantitative estimate of drug-likeness (QED) is 0.709. The van der Waals surface area contributed by atoms with Crippen molar-refractivity contribution in [1.82, 2.24) is 19.7 Å². The van der Waals surface area contributed by atoms with E-state index in [0.29, 0.717) is 37.9 Å². The first-order chi connectivity index (χ1) is 13.6. The van der Waals surface area contributed by atoms with Gasteiger partial charge in [0.1, 0.15) is 6.26 Å². The molecular formula is C20H34N4O4. The topological polar surface area (TPSA) is 82.3 Å². The van der Waals surface area contributed by atoms with Gasteiger partial charge in [0.15, 0.2) is 5.69 Å². The maximum Gasteiger partial charge on any atom is 0.276 e. The van der Waals surface area contributed by atoms with E-state index in [-0.39, 0.29) is 11.9 Å². The lowest BCUT2D eigenvalue weighted by atomic mass is 10.0. The van der Waals surface area contributed by atoms with Crippen molar-refractivity contribution in [3.05, 3.63) is 17.8 Å². The van der Waals surface area contributed by atoms with Gasteiger partial charge in [-0.3, -0.25) is 14.6 Å². The summed E-state index contributed by atoms with van der Waals surface area (Å²) in [7, 11) is 0. The summed E-state index contributed by atoms with van der Waals surface area (Å²) in [6, 6.07) is 0.271. The van der Waals surface area contributed by atoms with E-state index in [9.17, 15) is 9.90 Å². The van der Waals surface area contributed by atoms with Crippen LogP contribution in [0.25, 0.3) is 0 Å². The van der Waals surface area contributed by atoms with Crippen molar-refractivity contribution in [2.45, 2.75) is 51.8 Å². The first kappa shape index (κ1) is 21.2. The molecule has 3 rings (SSSR count). The Labute approximate surface area is 167 Å². The van der Waals surface area contributed by atoms with Crippen molar-refractivity contribution in [1.29, 1.82) is 0 Å². The fourth-order valence-corrected chi connectivity index (χ4v) is 3.95. The molecule has 0 spiro atoms. The number of aliphatic hydroxyl groups excluding tert-OH is 1. The molecule has 1 N–H and O–H groups in total. The normalized spacial score (nSPS) is 23.1. The van der Waals surface area contributed by atoms with E-state index in [1.807, 2.05) is 11.8 Å². The number of carbonyl (C=O) groups excluding carboxylic acids is 1. The molecule has 0 saturated carbocycles. The summed E-state index contributed by atoms with van der Waals surface area (Å²) in [5.74, 6) is 0.577. The SMILES string of the molecule is CCOCC(O)CN1CCN(Cc2nc(C(=O)N3CCCCC3C)co2)CC1. The van der Waals surface area contributed by atoms with Crippen LogP contribution in [0.3, 0.4) is 0 Å². The minimum atomic E-state index is -0.441. The molecule has 0 aromatic carbocycles. The van der Waals surface area contributed by atoms with Crippen molar-refractivity contribution in [3.63, 3.8) is 0 Å². The van der Waals surface area contributed by atoms with Gasteiger partial charge in [-0.15, -0.1) is 0 Å². The molecule has 8 nitrogen and oxygen atoms in total. The summed E-state index contributed by atoms with van der Waals surface area (Å²) in [6.45, 7) is 10.6. The van der Waals surface area contributed by atoms with Crippen LogP contribution in [0, 0.1) is 0 Å². The van der Waals surface area contributed by atoms with Gasteiger partial charge in [-0.25, -0.2) is 4.98 Å². The molecule has 1 aromatic rings. The number of rotatable bonds is 8. The number of piperidine rings is 1. The second kappa shape index (κ2) is 10.3. The number of amides is 1. The van der Waals surface area contributed by atoms with Crippen LogP contribution in [0.5, 0.6) is 0 Å². The second-order valence-electron chi connectivity index (χ2n) is 7.86. The maximum atomic E-state index is 12.7. The molecule has 2 atom stereocenters. The number of aliphatic hydroxyl groups is 1. The number of carbonyl (C=O) groups is 1. The summed E-state index contributed by atoms with van der Waals surface area (Å²) in [5.41, 5.74) is 0.418. The number of piperazine rings is 1. The minimum Gasteiger partial charge on any atom is -0.447 e. The lowest BCUT2D eigenvalue weighted by Crippen LogP contribution is -2.48. The Kier molecular flexibility index (Phi) is 7.84. The summed E-state index contributed by atoms with van der Waals surface area (Å²) < 4.78 is 10.9. The van der Waals surface area contributed by atoms with E-state index in [0.717, 1.165) is 45.6 Å². The summed E-state index contributed by atoms with van der Waals surface area (Å²) in [4.78, 5) is 23.6. The Hall–Kier alpha value is -1.48. The molecule has 2 saturated heterocycles. The van der Waals surface area contributed by atoms with Crippen LogP contribution in [0.15, 0.2) is 10.7 Å². The van der Waals surface area contributed by atoms with Gasteiger partial charge in [0.2, 0.25) is 5.89 Å². The van der Waals surface area contributed by atoms with E-state index in [4.69, 9.17) is 9.15 Å². The highest BCUT2D eigenvalue weighted by Gasteiger charge is 2.27. The number of aromatic nitrogens is 1. The Morgan fingerprint density at radius 2 is 2.04 bits per heavy atom. The monoisotopic (exact) mass is 394 g/mol. The van der Waals surface area contributed by atoms with Crippen molar-refractivity contribution in [2.24, 2.45) is 0 Å². The first-order valence-electron chi connectivity index (χ1n) is 10.5. The minimum absolute atomic E-state index is 0.0182. The molecule has 8 heteroatoms. The number of ether oxygens (including phenoxy) is 1. The zero-order chi connectivity index (χ0) is 19.9. The van der Waals surface area contributed by atoms with Gasteiger partial charge in [0.25, 0.3) is 5.91 Å². The number of hydrogen-bond acceptors (Lipinski definition) is 7. The number of likely N-dealkylation sites (tertiary alicyclic amines) is 1. The largest absolute Gasteiger partial charge is 0.447 e. The zero-order valence-electron chi connectivity index (χ0n) is 17.2. The Bertz CT molecular complexity index is 615. The van der Waals surface area contributed by atoms with E-state index < -0.39 is 6.10 Å². The Balaban J connectivity index is 1.44. The molecule has 2 aliphatic heterocycles. The molecule has 0 radical (unpaired) electrons. The van der Waals surface area contributed by atoms with Crippen LogP contribution in [0.4, 0.5) is 0 Å². The van der Waals surface area contributed by atoms with E-state index in [1.54, 1.807) is 0 Å². The fraction of sp³-hybridized carbons (Fsp3) is 0.800. The maximum absolute atomic E-state index is 12.7. The molecule has 1 amide bonds. The Morgan fingerprint density at radius 1 is 1.29 bits per heavy atom.